The third-order valence-corrected chi connectivity index (χ3v) is 6.02. The molecule has 0 radical (unpaired) electrons. The molecule has 7 heteroatoms. The lowest BCUT2D eigenvalue weighted by molar-refractivity contribution is 0.00820. The van der Waals surface area contributed by atoms with Crippen LogP contribution < -0.4 is 10.6 Å². The molecule has 3 rings (SSSR count). The Bertz CT molecular complexity index is 620. The van der Waals surface area contributed by atoms with Crippen LogP contribution in [0.25, 0.3) is 0 Å². The van der Waals surface area contributed by atoms with Crippen molar-refractivity contribution >= 4 is 29.9 Å². The third kappa shape index (κ3) is 6.62. The van der Waals surface area contributed by atoms with E-state index in [0.717, 1.165) is 56.9 Å². The summed E-state index contributed by atoms with van der Waals surface area (Å²) in [5.74, 6) is 2.81. The van der Waals surface area contributed by atoms with Gasteiger partial charge in [-0.05, 0) is 32.8 Å². The fourth-order valence-corrected chi connectivity index (χ4v) is 4.46. The molecule has 1 aliphatic carbocycles. The summed E-state index contributed by atoms with van der Waals surface area (Å²) < 4.78 is 11.1. The summed E-state index contributed by atoms with van der Waals surface area (Å²) in [4.78, 5) is 7.02. The molecule has 1 aromatic rings. The third-order valence-electron chi connectivity index (χ3n) is 6.02. The van der Waals surface area contributed by atoms with Gasteiger partial charge in [-0.3, -0.25) is 9.89 Å². The highest BCUT2D eigenvalue weighted by Crippen LogP contribution is 2.36. The van der Waals surface area contributed by atoms with Crippen molar-refractivity contribution in [1.29, 1.82) is 0 Å². The molecule has 28 heavy (non-hydrogen) atoms. The Balaban J connectivity index is 0.00000280. The Labute approximate surface area is 186 Å². The standard InChI is InChI=1S/C21H36N4O2.HI/c1-17-13-19(18(2)27-17)14-23-20(22-3)24-15-21(7-5-4-6-8-21)16-25-9-11-26-12-10-25;/h13H,4-12,14-16H2,1-3H3,(H2,22,23,24);1H. The molecule has 0 amide bonds. The number of guanidine groups is 1. The average Bonchev–Trinajstić information content (AvgIpc) is 3.00. The molecule has 2 heterocycles. The number of aliphatic imine (C=N–C) groups is 1. The second kappa shape index (κ2) is 11.4. The summed E-state index contributed by atoms with van der Waals surface area (Å²) in [7, 11) is 1.85. The predicted molar refractivity (Wildman–Crippen MR) is 125 cm³/mol. The van der Waals surface area contributed by atoms with Crippen molar-refractivity contribution in [3.8, 4) is 0 Å². The summed E-state index contributed by atoms with van der Waals surface area (Å²) >= 11 is 0. The van der Waals surface area contributed by atoms with Crippen LogP contribution in [0.1, 0.15) is 49.2 Å². The average molecular weight is 504 g/mol. The van der Waals surface area contributed by atoms with Crippen LogP contribution in [0.2, 0.25) is 0 Å². The highest BCUT2D eigenvalue weighted by Gasteiger charge is 2.34. The van der Waals surface area contributed by atoms with E-state index in [1.54, 1.807) is 0 Å². The number of rotatable bonds is 6. The molecule has 6 nitrogen and oxygen atoms in total. The predicted octanol–water partition coefficient (Wildman–Crippen LogP) is 3.46. The van der Waals surface area contributed by atoms with Crippen LogP contribution in [0.5, 0.6) is 0 Å². The SMILES string of the molecule is CN=C(NCc1cc(C)oc1C)NCC1(CN2CCOCC2)CCCCC1.I. The summed E-state index contributed by atoms with van der Waals surface area (Å²) in [6, 6.07) is 2.09. The molecule has 2 N–H and O–H groups in total. The molecule has 1 aromatic heterocycles. The molecular formula is C21H37IN4O2. The van der Waals surface area contributed by atoms with E-state index in [1.165, 1.54) is 44.2 Å². The van der Waals surface area contributed by atoms with Gasteiger partial charge in [0.2, 0.25) is 0 Å². The first kappa shape index (κ1) is 23.5. The van der Waals surface area contributed by atoms with Gasteiger partial charge in [-0.15, -0.1) is 24.0 Å². The Morgan fingerprint density at radius 2 is 1.86 bits per heavy atom. The number of nitrogens with zero attached hydrogens (tertiary/aromatic N) is 2. The van der Waals surface area contributed by atoms with E-state index in [4.69, 9.17) is 9.15 Å². The molecule has 160 valence electrons. The zero-order valence-electron chi connectivity index (χ0n) is 17.7. The van der Waals surface area contributed by atoms with E-state index in [2.05, 4.69) is 26.6 Å². The van der Waals surface area contributed by atoms with Gasteiger partial charge in [-0.2, -0.15) is 0 Å². The lowest BCUT2D eigenvalue weighted by atomic mass is 9.73. The molecule has 0 bridgehead atoms. The molecule has 0 aromatic carbocycles. The van der Waals surface area contributed by atoms with Gasteiger partial charge in [0.1, 0.15) is 11.5 Å². The van der Waals surface area contributed by atoms with Crippen LogP contribution in [-0.2, 0) is 11.3 Å². The fraction of sp³-hybridized carbons (Fsp3) is 0.762. The number of ether oxygens (including phenoxy) is 1. The number of halogens is 1. The maximum absolute atomic E-state index is 5.62. The number of hydrogen-bond acceptors (Lipinski definition) is 4. The van der Waals surface area contributed by atoms with Crippen molar-refractivity contribution in [2.24, 2.45) is 10.4 Å². The maximum atomic E-state index is 5.62. The van der Waals surface area contributed by atoms with Crippen LogP contribution >= 0.6 is 24.0 Å². The van der Waals surface area contributed by atoms with E-state index in [9.17, 15) is 0 Å². The van der Waals surface area contributed by atoms with Gasteiger partial charge < -0.3 is 19.8 Å². The smallest absolute Gasteiger partial charge is 0.191 e. The van der Waals surface area contributed by atoms with Crippen LogP contribution in [0.4, 0.5) is 0 Å². The minimum atomic E-state index is 0. The lowest BCUT2D eigenvalue weighted by Gasteiger charge is -2.42. The molecule has 1 aliphatic heterocycles. The molecule has 1 saturated heterocycles. The molecule has 2 aliphatic rings. The monoisotopic (exact) mass is 504 g/mol. The molecule has 0 unspecified atom stereocenters. The van der Waals surface area contributed by atoms with Crippen molar-refractivity contribution in [3.63, 3.8) is 0 Å². The molecule has 2 fully saturated rings. The first-order valence-corrected chi connectivity index (χ1v) is 10.4. The number of morpholine rings is 1. The van der Waals surface area contributed by atoms with Gasteiger partial charge in [0.15, 0.2) is 5.96 Å². The largest absolute Gasteiger partial charge is 0.466 e. The van der Waals surface area contributed by atoms with E-state index in [0.29, 0.717) is 5.41 Å². The Kier molecular flexibility index (Phi) is 9.56. The van der Waals surface area contributed by atoms with Crippen LogP contribution in [-0.4, -0.2) is 57.3 Å². The fourth-order valence-electron chi connectivity index (χ4n) is 4.46. The minimum absolute atomic E-state index is 0. The van der Waals surface area contributed by atoms with E-state index >= 15 is 0 Å². The zero-order chi connectivity index (χ0) is 19.1. The number of nitrogens with one attached hydrogen (secondary N) is 2. The zero-order valence-corrected chi connectivity index (χ0v) is 20.0. The van der Waals surface area contributed by atoms with Gasteiger partial charge in [-0.1, -0.05) is 19.3 Å². The molecular weight excluding hydrogens is 467 g/mol. The Hall–Kier alpha value is -0.800. The van der Waals surface area contributed by atoms with Crippen molar-refractivity contribution in [3.05, 3.63) is 23.2 Å². The summed E-state index contributed by atoms with van der Waals surface area (Å²) in [6.07, 6.45) is 6.65. The van der Waals surface area contributed by atoms with Crippen molar-refractivity contribution in [1.82, 2.24) is 15.5 Å². The van der Waals surface area contributed by atoms with Gasteiger partial charge >= 0.3 is 0 Å². The summed E-state index contributed by atoms with van der Waals surface area (Å²) in [6.45, 7) is 10.8. The first-order chi connectivity index (χ1) is 13.1. The number of furan rings is 1. The molecule has 1 saturated carbocycles. The second-order valence-electron chi connectivity index (χ2n) is 8.17. The van der Waals surface area contributed by atoms with E-state index < -0.39 is 0 Å². The Morgan fingerprint density at radius 3 is 2.46 bits per heavy atom. The van der Waals surface area contributed by atoms with Gasteiger partial charge in [0.05, 0.1) is 13.2 Å². The number of hydrogen-bond donors (Lipinski definition) is 2. The minimum Gasteiger partial charge on any atom is -0.466 e. The van der Waals surface area contributed by atoms with Crippen LogP contribution in [0.15, 0.2) is 15.5 Å². The van der Waals surface area contributed by atoms with Gasteiger partial charge in [0, 0.05) is 50.7 Å². The summed E-state index contributed by atoms with van der Waals surface area (Å²) in [5.41, 5.74) is 1.53. The molecule has 0 spiro atoms. The topological polar surface area (TPSA) is 62.0 Å². The quantitative estimate of drug-likeness (QED) is 0.353. The normalized spacial score (nSPS) is 20.5. The maximum Gasteiger partial charge on any atom is 0.191 e. The van der Waals surface area contributed by atoms with Crippen LogP contribution in [0.3, 0.4) is 0 Å². The van der Waals surface area contributed by atoms with Crippen LogP contribution in [0, 0.1) is 19.3 Å². The lowest BCUT2D eigenvalue weighted by Crippen LogP contribution is -2.51. The highest BCUT2D eigenvalue weighted by molar-refractivity contribution is 14.0. The number of aryl methyl sites for hydroxylation is 2. The van der Waals surface area contributed by atoms with E-state index in [-0.39, 0.29) is 24.0 Å². The van der Waals surface area contributed by atoms with Gasteiger partial charge in [-0.25, -0.2) is 0 Å². The van der Waals surface area contributed by atoms with Gasteiger partial charge in [0.25, 0.3) is 0 Å². The highest BCUT2D eigenvalue weighted by atomic mass is 127. The van der Waals surface area contributed by atoms with Crippen molar-refractivity contribution in [2.45, 2.75) is 52.5 Å². The second-order valence-corrected chi connectivity index (χ2v) is 8.17. The molecule has 0 atom stereocenters. The van der Waals surface area contributed by atoms with E-state index in [1.807, 2.05) is 20.9 Å². The van der Waals surface area contributed by atoms with Crippen molar-refractivity contribution < 1.29 is 9.15 Å². The first-order valence-electron chi connectivity index (χ1n) is 10.4. The summed E-state index contributed by atoms with van der Waals surface area (Å²) in [5, 5.41) is 7.06. The Morgan fingerprint density at radius 1 is 1.14 bits per heavy atom. The van der Waals surface area contributed by atoms with Crippen molar-refractivity contribution in [2.75, 3.05) is 46.4 Å².